The van der Waals surface area contributed by atoms with Crippen LogP contribution in [0.15, 0.2) is 158 Å². The van der Waals surface area contributed by atoms with E-state index in [1.54, 1.807) is 0 Å². The van der Waals surface area contributed by atoms with Gasteiger partial charge in [0, 0.05) is 16.2 Å². The van der Waals surface area contributed by atoms with Crippen LogP contribution in [0.4, 0.5) is 0 Å². The van der Waals surface area contributed by atoms with Gasteiger partial charge in [-0.3, -0.25) is 8.97 Å². The molecule has 0 saturated carbocycles. The van der Waals surface area contributed by atoms with Gasteiger partial charge in [-0.05, 0) is 92.0 Å². The Balaban J connectivity index is 1.20. The molecular weight excluding hydrogens is 585 g/mol. The van der Waals surface area contributed by atoms with Gasteiger partial charge in [-0.15, -0.1) is 0 Å². The second-order valence-corrected chi connectivity index (χ2v) is 12.6. The van der Waals surface area contributed by atoms with E-state index in [4.69, 9.17) is 9.97 Å². The summed E-state index contributed by atoms with van der Waals surface area (Å²) in [4.78, 5) is 10.4. The average molecular weight is 611 g/mol. The maximum atomic E-state index is 5.32. The van der Waals surface area contributed by atoms with Crippen molar-refractivity contribution in [2.24, 2.45) is 0 Å². The first-order valence-electron chi connectivity index (χ1n) is 16.3. The maximum absolute atomic E-state index is 5.32. The fourth-order valence-corrected chi connectivity index (χ4v) is 7.93. The molecule has 4 heteroatoms. The quantitative estimate of drug-likeness (QED) is 0.183. The molecule has 222 valence electrons. The Morgan fingerprint density at radius 2 is 0.833 bits per heavy atom. The van der Waals surface area contributed by atoms with Crippen LogP contribution in [0.2, 0.25) is 0 Å². The minimum atomic E-state index is 0.834. The lowest BCUT2D eigenvalue weighted by molar-refractivity contribution is 0.979. The van der Waals surface area contributed by atoms with Crippen molar-refractivity contribution in [3.8, 4) is 17.1 Å². The molecule has 0 radical (unpaired) electrons. The molecule has 3 aromatic heterocycles. The summed E-state index contributed by atoms with van der Waals surface area (Å²) < 4.78 is 4.53. The van der Waals surface area contributed by atoms with Gasteiger partial charge in [0.25, 0.3) is 0 Å². The van der Waals surface area contributed by atoms with Crippen LogP contribution in [0.25, 0.3) is 98.8 Å². The molecule has 0 amide bonds. The molecular formula is C44H26N4. The van der Waals surface area contributed by atoms with E-state index < -0.39 is 0 Å². The van der Waals surface area contributed by atoms with Gasteiger partial charge in [-0.25, -0.2) is 9.97 Å². The highest BCUT2D eigenvalue weighted by Gasteiger charge is 2.20. The van der Waals surface area contributed by atoms with Crippen molar-refractivity contribution in [3.63, 3.8) is 0 Å². The van der Waals surface area contributed by atoms with Crippen molar-refractivity contribution in [1.29, 1.82) is 0 Å². The normalized spacial score (nSPS) is 12.2. The molecule has 8 aromatic carbocycles. The fraction of sp³-hybridized carbons (Fsp3) is 0. The van der Waals surface area contributed by atoms with E-state index in [0.717, 1.165) is 44.6 Å². The van der Waals surface area contributed by atoms with Crippen molar-refractivity contribution >= 4 is 81.7 Å². The minimum Gasteiger partial charge on any atom is -0.279 e. The Kier molecular flexibility index (Phi) is 5.08. The van der Waals surface area contributed by atoms with Gasteiger partial charge in [0.1, 0.15) is 5.65 Å². The second-order valence-electron chi connectivity index (χ2n) is 12.6. The Bertz CT molecular complexity index is 3090. The van der Waals surface area contributed by atoms with Gasteiger partial charge < -0.3 is 0 Å². The molecule has 48 heavy (non-hydrogen) atoms. The van der Waals surface area contributed by atoms with Crippen LogP contribution in [0, 0.1) is 0 Å². The number of benzene rings is 8. The molecule has 0 fully saturated rings. The highest BCUT2D eigenvalue weighted by Crippen LogP contribution is 2.39. The summed E-state index contributed by atoms with van der Waals surface area (Å²) >= 11 is 0. The van der Waals surface area contributed by atoms with Crippen LogP contribution < -0.4 is 0 Å². The number of aromatic nitrogens is 4. The van der Waals surface area contributed by atoms with Crippen LogP contribution in [0.1, 0.15) is 0 Å². The van der Waals surface area contributed by atoms with E-state index in [1.165, 1.54) is 54.2 Å². The highest BCUT2D eigenvalue weighted by molar-refractivity contribution is 6.25. The summed E-state index contributed by atoms with van der Waals surface area (Å²) in [6.07, 6.45) is 0. The number of fused-ring (bicyclic) bond motifs is 14. The molecule has 11 rings (SSSR count). The second kappa shape index (κ2) is 9.50. The van der Waals surface area contributed by atoms with E-state index in [9.17, 15) is 0 Å². The molecule has 0 unspecified atom stereocenters. The molecule has 0 aliphatic heterocycles. The first-order valence-corrected chi connectivity index (χ1v) is 16.3. The van der Waals surface area contributed by atoms with Crippen molar-refractivity contribution < 1.29 is 0 Å². The number of para-hydroxylation sites is 4. The van der Waals surface area contributed by atoms with Crippen molar-refractivity contribution in [2.45, 2.75) is 0 Å². The number of hydrogen-bond donors (Lipinski definition) is 0. The Labute approximate surface area is 274 Å². The van der Waals surface area contributed by atoms with Gasteiger partial charge in [0.05, 0.1) is 27.6 Å². The molecule has 0 aliphatic carbocycles. The average Bonchev–Trinajstić information content (AvgIpc) is 3.71. The summed E-state index contributed by atoms with van der Waals surface area (Å²) in [5, 5.41) is 11.1. The maximum Gasteiger partial charge on any atom is 0.221 e. The summed E-state index contributed by atoms with van der Waals surface area (Å²) in [5.41, 5.74) is 8.45. The van der Waals surface area contributed by atoms with E-state index >= 15 is 0 Å². The Morgan fingerprint density at radius 3 is 1.56 bits per heavy atom. The summed E-state index contributed by atoms with van der Waals surface area (Å²) in [7, 11) is 0. The molecule has 0 saturated heterocycles. The van der Waals surface area contributed by atoms with Gasteiger partial charge in [0.15, 0.2) is 0 Å². The van der Waals surface area contributed by atoms with Crippen molar-refractivity contribution in [1.82, 2.24) is 18.9 Å². The number of nitrogens with zero attached hydrogens (tertiary/aromatic N) is 4. The zero-order valence-electron chi connectivity index (χ0n) is 25.8. The van der Waals surface area contributed by atoms with Crippen molar-refractivity contribution in [3.05, 3.63) is 158 Å². The van der Waals surface area contributed by atoms with Gasteiger partial charge >= 0.3 is 0 Å². The van der Waals surface area contributed by atoms with Gasteiger partial charge in [-0.1, -0.05) is 109 Å². The third-order valence-electron chi connectivity index (χ3n) is 10.1. The SMILES string of the molecule is c1ccc2c(c1)nc(-n1c3ccccc3c3cc(-c4ccc5c6ccccc6c6ccccc6c5c4)ccc31)n1c3ccccc3nc21. The highest BCUT2D eigenvalue weighted by atomic mass is 15.2. The van der Waals surface area contributed by atoms with E-state index in [0.29, 0.717) is 0 Å². The number of rotatable bonds is 2. The summed E-state index contributed by atoms with van der Waals surface area (Å²) in [6.45, 7) is 0. The third kappa shape index (κ3) is 3.43. The third-order valence-corrected chi connectivity index (χ3v) is 10.1. The fourth-order valence-electron chi connectivity index (χ4n) is 7.93. The lowest BCUT2D eigenvalue weighted by Crippen LogP contribution is -2.06. The molecule has 3 heterocycles. The molecule has 0 atom stereocenters. The Morgan fingerprint density at radius 1 is 0.333 bits per heavy atom. The minimum absolute atomic E-state index is 0.834. The van der Waals surface area contributed by atoms with E-state index in [-0.39, 0.29) is 0 Å². The predicted octanol–water partition coefficient (Wildman–Crippen LogP) is 11.3. The standard InChI is InChI=1S/C44H26N4/c1-2-13-31-29(11-1)30-12-3-4-14-32(30)36-25-27(21-23-33(31)36)28-22-24-41-37(26-28)34-15-6-9-19-40(34)47(41)44-46-38-17-7-5-16-35(38)43-45-39-18-8-10-20-42(39)48(43)44/h1-26H. The zero-order valence-corrected chi connectivity index (χ0v) is 25.8. The monoisotopic (exact) mass is 610 g/mol. The molecule has 0 aliphatic rings. The lowest BCUT2D eigenvalue weighted by atomic mass is 9.92. The van der Waals surface area contributed by atoms with E-state index in [2.05, 4.69) is 155 Å². The molecule has 4 nitrogen and oxygen atoms in total. The van der Waals surface area contributed by atoms with Crippen LogP contribution in [-0.2, 0) is 0 Å². The van der Waals surface area contributed by atoms with Crippen LogP contribution in [0.3, 0.4) is 0 Å². The topological polar surface area (TPSA) is 35.1 Å². The van der Waals surface area contributed by atoms with Gasteiger partial charge in [0.2, 0.25) is 5.95 Å². The van der Waals surface area contributed by atoms with Crippen LogP contribution in [-0.4, -0.2) is 18.9 Å². The smallest absolute Gasteiger partial charge is 0.221 e. The van der Waals surface area contributed by atoms with Crippen LogP contribution in [0.5, 0.6) is 0 Å². The van der Waals surface area contributed by atoms with Crippen LogP contribution >= 0.6 is 0 Å². The molecule has 11 aromatic rings. The molecule has 0 N–H and O–H groups in total. The number of imidazole rings is 1. The Hall–Kier alpha value is -6.52. The first-order chi connectivity index (χ1) is 23.8. The zero-order chi connectivity index (χ0) is 31.3. The van der Waals surface area contributed by atoms with Gasteiger partial charge in [-0.2, -0.15) is 0 Å². The number of hydrogen-bond acceptors (Lipinski definition) is 2. The lowest BCUT2D eigenvalue weighted by Gasteiger charge is -2.13. The summed E-state index contributed by atoms with van der Waals surface area (Å²) in [6, 6.07) is 56.6. The van der Waals surface area contributed by atoms with Crippen molar-refractivity contribution in [2.75, 3.05) is 0 Å². The van der Waals surface area contributed by atoms with E-state index in [1.807, 2.05) is 12.1 Å². The largest absolute Gasteiger partial charge is 0.279 e. The summed E-state index contributed by atoms with van der Waals surface area (Å²) in [5.74, 6) is 0.834. The molecule has 0 bridgehead atoms. The first kappa shape index (κ1) is 25.6. The predicted molar refractivity (Wildman–Crippen MR) is 200 cm³/mol. The molecule has 0 spiro atoms.